The number of nitrogens with one attached hydrogen (secondary N) is 2. The number of aromatic nitrogens is 1. The number of nitrogens with zero attached hydrogens (tertiary/aromatic N) is 1. The van der Waals surface area contributed by atoms with Crippen molar-refractivity contribution in [2.24, 2.45) is 5.41 Å². The molecule has 2 aliphatic carbocycles. The Labute approximate surface area is 198 Å². The summed E-state index contributed by atoms with van der Waals surface area (Å²) in [5, 5.41) is 17.6. The highest BCUT2D eigenvalue weighted by Gasteiger charge is 2.46. The molecule has 182 valence electrons. The van der Waals surface area contributed by atoms with Gasteiger partial charge in [0.1, 0.15) is 5.60 Å². The van der Waals surface area contributed by atoms with Crippen molar-refractivity contribution in [2.45, 2.75) is 109 Å². The van der Waals surface area contributed by atoms with Gasteiger partial charge in [-0.3, -0.25) is 4.79 Å². The maximum Gasteiger partial charge on any atom is 0.218 e. The molecule has 0 unspecified atom stereocenters. The van der Waals surface area contributed by atoms with E-state index in [1.54, 1.807) is 0 Å². The first-order valence-electron chi connectivity index (χ1n) is 12.7. The lowest BCUT2D eigenvalue weighted by Crippen LogP contribution is -2.51. The van der Waals surface area contributed by atoms with E-state index in [0.717, 1.165) is 50.0 Å². The molecule has 0 bridgehead atoms. The molecule has 1 aliphatic heterocycles. The number of carbonyl (C=O) groups is 1. The smallest absolute Gasteiger partial charge is 0.218 e. The molecule has 1 amide bonds. The van der Waals surface area contributed by atoms with Crippen LogP contribution in [0.2, 0.25) is 0 Å². The Morgan fingerprint density at radius 2 is 2.09 bits per heavy atom. The SMILES string of the molecule is CC(=O)N[C@@H](CC=C1CCC1)[C@H](O)CN[C@H]1CC2(CCC2)Oc2ncc(CC(C)(C)C)cc21. The van der Waals surface area contributed by atoms with E-state index in [9.17, 15) is 9.90 Å². The number of rotatable bonds is 8. The number of hydrogen-bond donors (Lipinski definition) is 3. The predicted molar refractivity (Wildman–Crippen MR) is 130 cm³/mol. The van der Waals surface area contributed by atoms with E-state index in [-0.39, 0.29) is 29.0 Å². The summed E-state index contributed by atoms with van der Waals surface area (Å²) < 4.78 is 6.38. The summed E-state index contributed by atoms with van der Waals surface area (Å²) in [6.07, 6.45) is 12.8. The second kappa shape index (κ2) is 9.75. The van der Waals surface area contributed by atoms with Crippen LogP contribution in [0, 0.1) is 5.41 Å². The highest BCUT2D eigenvalue weighted by molar-refractivity contribution is 5.73. The van der Waals surface area contributed by atoms with Gasteiger partial charge in [0, 0.05) is 37.7 Å². The highest BCUT2D eigenvalue weighted by Crippen LogP contribution is 2.48. The van der Waals surface area contributed by atoms with Crippen LogP contribution in [-0.4, -0.2) is 40.3 Å². The van der Waals surface area contributed by atoms with Crippen molar-refractivity contribution in [1.29, 1.82) is 0 Å². The van der Waals surface area contributed by atoms with Gasteiger partial charge >= 0.3 is 0 Å². The minimum atomic E-state index is -0.667. The van der Waals surface area contributed by atoms with Crippen LogP contribution in [-0.2, 0) is 11.2 Å². The summed E-state index contributed by atoms with van der Waals surface area (Å²) in [6.45, 7) is 8.64. The number of carbonyl (C=O) groups excluding carboxylic acids is 1. The lowest BCUT2D eigenvalue weighted by Gasteiger charge is -2.47. The molecule has 1 spiro atoms. The quantitative estimate of drug-likeness (QED) is 0.507. The van der Waals surface area contributed by atoms with Gasteiger partial charge in [0.15, 0.2) is 0 Å². The van der Waals surface area contributed by atoms with Gasteiger partial charge in [-0.05, 0) is 68.4 Å². The molecule has 6 nitrogen and oxygen atoms in total. The van der Waals surface area contributed by atoms with Crippen LogP contribution in [0.15, 0.2) is 23.9 Å². The molecular formula is C27H41N3O3. The second-order valence-corrected chi connectivity index (χ2v) is 11.6. The first kappa shape index (κ1) is 24.2. The Bertz CT molecular complexity index is 879. The first-order valence-corrected chi connectivity index (χ1v) is 12.7. The molecule has 2 saturated carbocycles. The van der Waals surface area contributed by atoms with Crippen molar-refractivity contribution in [2.75, 3.05) is 6.54 Å². The Morgan fingerprint density at radius 3 is 2.67 bits per heavy atom. The molecule has 1 aromatic rings. The van der Waals surface area contributed by atoms with Crippen molar-refractivity contribution in [3.05, 3.63) is 35.0 Å². The molecule has 3 atom stereocenters. The average Bonchev–Trinajstić information content (AvgIpc) is 2.67. The standard InChI is InChI=1S/C27H41N3O3/c1-18(31)30-22(10-9-19-7-5-8-19)24(32)17-28-23-15-27(11-6-12-27)33-25-21(23)13-20(16-29-25)14-26(2,3)4/h9,13,16,22-24,28,32H,5-8,10-12,14-15,17H2,1-4H3,(H,30,31)/t22-,23-,24+/m0/s1. The topological polar surface area (TPSA) is 83.5 Å². The molecular weight excluding hydrogens is 414 g/mol. The third-order valence-electron chi connectivity index (χ3n) is 7.28. The molecule has 3 aliphatic rings. The minimum Gasteiger partial charge on any atom is -0.471 e. The number of aliphatic hydroxyl groups excluding tert-OH is 1. The molecule has 1 aromatic heterocycles. The van der Waals surface area contributed by atoms with E-state index < -0.39 is 6.10 Å². The number of aliphatic hydroxyl groups is 1. The van der Waals surface area contributed by atoms with E-state index in [1.165, 1.54) is 30.9 Å². The van der Waals surface area contributed by atoms with E-state index in [2.05, 4.69) is 43.5 Å². The summed E-state index contributed by atoms with van der Waals surface area (Å²) in [4.78, 5) is 16.5. The van der Waals surface area contributed by atoms with Gasteiger partial charge in [0.05, 0.1) is 12.1 Å². The van der Waals surface area contributed by atoms with Crippen LogP contribution >= 0.6 is 0 Å². The molecule has 2 fully saturated rings. The normalized spacial score (nSPS) is 22.9. The van der Waals surface area contributed by atoms with Crippen LogP contribution in [0.1, 0.15) is 96.2 Å². The fourth-order valence-electron chi connectivity index (χ4n) is 5.20. The molecule has 2 heterocycles. The largest absolute Gasteiger partial charge is 0.471 e. The van der Waals surface area contributed by atoms with Crippen molar-refractivity contribution >= 4 is 5.91 Å². The molecule has 0 aromatic carbocycles. The van der Waals surface area contributed by atoms with Crippen molar-refractivity contribution < 1.29 is 14.6 Å². The lowest BCUT2D eigenvalue weighted by molar-refractivity contribution is -0.120. The zero-order valence-corrected chi connectivity index (χ0v) is 20.7. The van der Waals surface area contributed by atoms with Gasteiger partial charge in [-0.2, -0.15) is 0 Å². The predicted octanol–water partition coefficient (Wildman–Crippen LogP) is 4.37. The Kier molecular flexibility index (Phi) is 7.15. The fourth-order valence-corrected chi connectivity index (χ4v) is 5.20. The maximum absolute atomic E-state index is 11.8. The monoisotopic (exact) mass is 455 g/mol. The molecule has 0 saturated heterocycles. The molecule has 4 rings (SSSR count). The van der Waals surface area contributed by atoms with Crippen molar-refractivity contribution in [3.8, 4) is 5.88 Å². The van der Waals surface area contributed by atoms with Crippen LogP contribution in [0.5, 0.6) is 5.88 Å². The van der Waals surface area contributed by atoms with Crippen molar-refractivity contribution in [1.82, 2.24) is 15.6 Å². The van der Waals surface area contributed by atoms with Gasteiger partial charge in [-0.25, -0.2) is 4.98 Å². The molecule has 33 heavy (non-hydrogen) atoms. The Balaban J connectivity index is 1.47. The van der Waals surface area contributed by atoms with Crippen LogP contribution in [0.25, 0.3) is 0 Å². The maximum atomic E-state index is 11.8. The van der Waals surface area contributed by atoms with Crippen LogP contribution < -0.4 is 15.4 Å². The van der Waals surface area contributed by atoms with Gasteiger partial charge < -0.3 is 20.5 Å². The average molecular weight is 456 g/mol. The van der Waals surface area contributed by atoms with Crippen LogP contribution in [0.4, 0.5) is 0 Å². The summed E-state index contributed by atoms with van der Waals surface area (Å²) in [5.74, 6) is 0.630. The highest BCUT2D eigenvalue weighted by atomic mass is 16.5. The number of ether oxygens (including phenoxy) is 1. The fraction of sp³-hybridized carbons (Fsp3) is 0.704. The Hall–Kier alpha value is -1.92. The number of amides is 1. The number of hydrogen-bond acceptors (Lipinski definition) is 5. The number of fused-ring (bicyclic) bond motifs is 1. The molecule has 0 radical (unpaired) electrons. The van der Waals surface area contributed by atoms with E-state index >= 15 is 0 Å². The molecule has 3 N–H and O–H groups in total. The lowest BCUT2D eigenvalue weighted by atomic mass is 9.73. The zero-order valence-electron chi connectivity index (χ0n) is 20.7. The summed E-state index contributed by atoms with van der Waals surface area (Å²) in [5.41, 5.74) is 3.80. The van der Waals surface area contributed by atoms with Gasteiger partial charge in [-0.15, -0.1) is 0 Å². The summed E-state index contributed by atoms with van der Waals surface area (Å²) >= 11 is 0. The van der Waals surface area contributed by atoms with E-state index in [1.807, 2.05) is 6.20 Å². The summed E-state index contributed by atoms with van der Waals surface area (Å²) in [7, 11) is 0. The minimum absolute atomic E-state index is 0.0825. The van der Waals surface area contributed by atoms with E-state index in [4.69, 9.17) is 9.72 Å². The summed E-state index contributed by atoms with van der Waals surface area (Å²) in [6, 6.07) is 2.03. The van der Waals surface area contributed by atoms with Gasteiger partial charge in [0.2, 0.25) is 11.8 Å². The second-order valence-electron chi connectivity index (χ2n) is 11.6. The number of allylic oxidation sites excluding steroid dienone is 1. The third-order valence-corrected chi connectivity index (χ3v) is 7.28. The Morgan fingerprint density at radius 1 is 1.33 bits per heavy atom. The zero-order chi connectivity index (χ0) is 23.6. The van der Waals surface area contributed by atoms with Gasteiger partial charge in [0.25, 0.3) is 0 Å². The third kappa shape index (κ3) is 6.15. The van der Waals surface area contributed by atoms with E-state index in [0.29, 0.717) is 13.0 Å². The van der Waals surface area contributed by atoms with Crippen LogP contribution in [0.3, 0.4) is 0 Å². The van der Waals surface area contributed by atoms with Gasteiger partial charge in [-0.1, -0.05) is 32.4 Å². The number of pyridine rings is 1. The van der Waals surface area contributed by atoms with Crippen molar-refractivity contribution in [3.63, 3.8) is 0 Å². The molecule has 6 heteroatoms. The first-order chi connectivity index (χ1) is 15.6.